The summed E-state index contributed by atoms with van der Waals surface area (Å²) in [6, 6.07) is 0. The summed E-state index contributed by atoms with van der Waals surface area (Å²) < 4.78 is 5.53. The second-order valence-electron chi connectivity index (χ2n) is 4.11. The summed E-state index contributed by atoms with van der Waals surface area (Å²) in [6.45, 7) is 2.20. The van der Waals surface area contributed by atoms with Gasteiger partial charge in [-0.2, -0.15) is 15.0 Å². The molecule has 1 aliphatic carbocycles. The van der Waals surface area contributed by atoms with Crippen molar-refractivity contribution in [3.05, 3.63) is 10.6 Å². The number of likely N-dealkylation sites (N-methyl/N-ethyl adjacent to an activating group) is 1. The standard InChI is InChI=1S/C10H14Cl2N4O/c1-16(4-5-17-6-7-2-3-7)10-14-8(11)13-9(12)15-10/h7H,2-6H2,1H3. The maximum atomic E-state index is 5.70. The molecular weight excluding hydrogens is 263 g/mol. The predicted molar refractivity (Wildman–Crippen MR) is 66.7 cm³/mol. The Kier molecular flexibility index (Phi) is 4.36. The van der Waals surface area contributed by atoms with Crippen molar-refractivity contribution in [1.82, 2.24) is 15.0 Å². The molecule has 1 fully saturated rings. The average Bonchev–Trinajstić information content (AvgIpc) is 3.06. The third-order valence-electron chi connectivity index (χ3n) is 2.53. The quantitative estimate of drug-likeness (QED) is 0.745. The maximum Gasteiger partial charge on any atom is 0.230 e. The number of rotatable bonds is 6. The van der Waals surface area contributed by atoms with Crippen molar-refractivity contribution in [3.8, 4) is 0 Å². The lowest BCUT2D eigenvalue weighted by atomic mass is 10.5. The molecule has 1 saturated carbocycles. The van der Waals surface area contributed by atoms with Crippen molar-refractivity contribution in [2.45, 2.75) is 12.8 Å². The van der Waals surface area contributed by atoms with Gasteiger partial charge in [-0.25, -0.2) is 0 Å². The average molecular weight is 277 g/mol. The summed E-state index contributed by atoms with van der Waals surface area (Å²) in [6.07, 6.45) is 2.60. The molecule has 0 aromatic carbocycles. The van der Waals surface area contributed by atoms with Gasteiger partial charge in [0.05, 0.1) is 6.61 Å². The van der Waals surface area contributed by atoms with E-state index in [0.717, 1.165) is 12.5 Å². The zero-order chi connectivity index (χ0) is 12.3. The Bertz CT molecular complexity index is 366. The number of nitrogens with zero attached hydrogens (tertiary/aromatic N) is 4. The van der Waals surface area contributed by atoms with Crippen LogP contribution in [-0.4, -0.2) is 41.8 Å². The largest absolute Gasteiger partial charge is 0.379 e. The van der Waals surface area contributed by atoms with Gasteiger partial charge >= 0.3 is 0 Å². The van der Waals surface area contributed by atoms with Crippen LogP contribution in [0, 0.1) is 5.92 Å². The molecule has 1 aliphatic rings. The zero-order valence-corrected chi connectivity index (χ0v) is 11.1. The van der Waals surface area contributed by atoms with Crippen LogP contribution in [0.1, 0.15) is 12.8 Å². The molecule has 5 nitrogen and oxygen atoms in total. The van der Waals surface area contributed by atoms with Crippen LogP contribution >= 0.6 is 23.2 Å². The molecular formula is C10H14Cl2N4O. The number of hydrogen-bond acceptors (Lipinski definition) is 5. The highest BCUT2D eigenvalue weighted by Crippen LogP contribution is 2.28. The molecule has 0 aliphatic heterocycles. The third-order valence-corrected chi connectivity index (χ3v) is 2.87. The van der Waals surface area contributed by atoms with E-state index in [-0.39, 0.29) is 10.6 Å². The number of halogens is 2. The molecule has 0 saturated heterocycles. The van der Waals surface area contributed by atoms with Crippen molar-refractivity contribution in [2.75, 3.05) is 31.7 Å². The highest BCUT2D eigenvalue weighted by atomic mass is 35.5. The van der Waals surface area contributed by atoms with Gasteiger partial charge in [-0.3, -0.25) is 0 Å². The van der Waals surface area contributed by atoms with Gasteiger partial charge in [-0.15, -0.1) is 0 Å². The van der Waals surface area contributed by atoms with E-state index in [9.17, 15) is 0 Å². The zero-order valence-electron chi connectivity index (χ0n) is 9.57. The summed E-state index contributed by atoms with van der Waals surface area (Å²) in [4.78, 5) is 13.5. The van der Waals surface area contributed by atoms with Crippen LogP contribution in [0.2, 0.25) is 10.6 Å². The summed E-state index contributed by atoms with van der Waals surface area (Å²) >= 11 is 11.4. The van der Waals surface area contributed by atoms with Crippen LogP contribution in [0.25, 0.3) is 0 Å². The van der Waals surface area contributed by atoms with Gasteiger partial charge in [0.25, 0.3) is 0 Å². The minimum Gasteiger partial charge on any atom is -0.379 e. The Labute approximate surface area is 110 Å². The van der Waals surface area contributed by atoms with Crippen molar-refractivity contribution < 1.29 is 4.74 Å². The Morgan fingerprint density at radius 1 is 1.24 bits per heavy atom. The van der Waals surface area contributed by atoms with Crippen LogP contribution in [-0.2, 0) is 4.74 Å². The SMILES string of the molecule is CN(CCOCC1CC1)c1nc(Cl)nc(Cl)n1. The van der Waals surface area contributed by atoms with Gasteiger partial charge in [0.2, 0.25) is 16.5 Å². The summed E-state index contributed by atoms with van der Waals surface area (Å²) in [5.74, 6) is 1.24. The fraction of sp³-hybridized carbons (Fsp3) is 0.700. The number of ether oxygens (including phenoxy) is 1. The van der Waals surface area contributed by atoms with E-state index in [1.165, 1.54) is 12.8 Å². The van der Waals surface area contributed by atoms with Crippen LogP contribution in [0.5, 0.6) is 0 Å². The Morgan fingerprint density at radius 3 is 2.47 bits per heavy atom. The van der Waals surface area contributed by atoms with Gasteiger partial charge < -0.3 is 9.64 Å². The molecule has 0 N–H and O–H groups in total. The number of hydrogen-bond donors (Lipinski definition) is 0. The van der Waals surface area contributed by atoms with E-state index in [1.54, 1.807) is 0 Å². The monoisotopic (exact) mass is 276 g/mol. The summed E-state index contributed by atoms with van der Waals surface area (Å²) in [7, 11) is 1.86. The Morgan fingerprint density at radius 2 is 1.88 bits per heavy atom. The summed E-state index contributed by atoms with van der Waals surface area (Å²) in [5, 5.41) is 0.205. The van der Waals surface area contributed by atoms with E-state index < -0.39 is 0 Å². The molecule has 1 aromatic rings. The third kappa shape index (κ3) is 4.26. The van der Waals surface area contributed by atoms with Crippen LogP contribution in [0.3, 0.4) is 0 Å². The van der Waals surface area contributed by atoms with E-state index >= 15 is 0 Å². The normalized spacial score (nSPS) is 15.0. The molecule has 0 radical (unpaired) electrons. The van der Waals surface area contributed by atoms with Gasteiger partial charge in [-0.05, 0) is 42.0 Å². The predicted octanol–water partition coefficient (Wildman–Crippen LogP) is 2.04. The van der Waals surface area contributed by atoms with E-state index in [2.05, 4.69) is 15.0 Å². The van der Waals surface area contributed by atoms with E-state index in [4.69, 9.17) is 27.9 Å². The topological polar surface area (TPSA) is 51.1 Å². The molecule has 0 unspecified atom stereocenters. The first-order chi connectivity index (χ1) is 8.15. The smallest absolute Gasteiger partial charge is 0.230 e. The lowest BCUT2D eigenvalue weighted by molar-refractivity contribution is 0.130. The maximum absolute atomic E-state index is 5.70. The Balaban J connectivity index is 1.78. The molecule has 1 heterocycles. The van der Waals surface area contributed by atoms with Gasteiger partial charge in [0.1, 0.15) is 0 Å². The van der Waals surface area contributed by atoms with Gasteiger partial charge in [-0.1, -0.05) is 0 Å². The molecule has 0 amide bonds. The lowest BCUT2D eigenvalue weighted by Gasteiger charge is -2.16. The highest BCUT2D eigenvalue weighted by molar-refractivity contribution is 6.31. The van der Waals surface area contributed by atoms with Crippen LogP contribution < -0.4 is 4.90 Å². The fourth-order valence-electron chi connectivity index (χ4n) is 1.32. The molecule has 94 valence electrons. The van der Waals surface area contributed by atoms with E-state index in [1.807, 2.05) is 11.9 Å². The van der Waals surface area contributed by atoms with Crippen molar-refractivity contribution >= 4 is 29.2 Å². The minimum atomic E-state index is 0.103. The van der Waals surface area contributed by atoms with Crippen molar-refractivity contribution in [2.24, 2.45) is 5.92 Å². The first-order valence-corrected chi connectivity index (χ1v) is 6.26. The van der Waals surface area contributed by atoms with Crippen molar-refractivity contribution in [1.29, 1.82) is 0 Å². The molecule has 7 heteroatoms. The molecule has 2 rings (SSSR count). The lowest BCUT2D eigenvalue weighted by Crippen LogP contribution is -2.25. The van der Waals surface area contributed by atoms with Crippen molar-refractivity contribution in [3.63, 3.8) is 0 Å². The molecule has 17 heavy (non-hydrogen) atoms. The first-order valence-electron chi connectivity index (χ1n) is 5.51. The van der Waals surface area contributed by atoms with Gasteiger partial charge in [0.15, 0.2) is 0 Å². The molecule has 0 bridgehead atoms. The van der Waals surface area contributed by atoms with Crippen LogP contribution in [0.4, 0.5) is 5.95 Å². The van der Waals surface area contributed by atoms with E-state index in [0.29, 0.717) is 19.1 Å². The van der Waals surface area contributed by atoms with Crippen LogP contribution in [0.15, 0.2) is 0 Å². The van der Waals surface area contributed by atoms with Gasteiger partial charge in [0, 0.05) is 20.2 Å². The number of aromatic nitrogens is 3. The second-order valence-corrected chi connectivity index (χ2v) is 4.79. The minimum absolute atomic E-state index is 0.103. The summed E-state index contributed by atoms with van der Waals surface area (Å²) in [5.41, 5.74) is 0. The number of anilines is 1. The Hall–Kier alpha value is -0.650. The molecule has 1 aromatic heterocycles. The first kappa shape index (κ1) is 12.8. The second kappa shape index (κ2) is 5.80. The fourth-order valence-corrected chi connectivity index (χ4v) is 1.68. The highest BCUT2D eigenvalue weighted by Gasteiger charge is 2.21. The molecule has 0 atom stereocenters. The molecule has 0 spiro atoms.